The molecule has 0 aliphatic carbocycles. The number of hydrazine groups is 1. The van der Waals surface area contributed by atoms with Crippen molar-refractivity contribution in [3.05, 3.63) is 35.5 Å². The minimum Gasteiger partial charge on any atom is -0.271 e. The van der Waals surface area contributed by atoms with Gasteiger partial charge in [-0.15, -0.1) is 0 Å². The lowest BCUT2D eigenvalue weighted by molar-refractivity contribution is 0.730. The summed E-state index contributed by atoms with van der Waals surface area (Å²) >= 11 is 0. The molecule has 0 aliphatic heterocycles. The summed E-state index contributed by atoms with van der Waals surface area (Å²) in [6.07, 6.45) is 6.23. The summed E-state index contributed by atoms with van der Waals surface area (Å²) in [7, 11) is 0. The normalized spacial score (nSPS) is 13.1. The third-order valence-electron chi connectivity index (χ3n) is 2.29. The fourth-order valence-corrected chi connectivity index (χ4v) is 1.23. The molecule has 0 heterocycles. The highest BCUT2D eigenvalue weighted by molar-refractivity contribution is 5.34. The minimum atomic E-state index is 0.779. The van der Waals surface area contributed by atoms with Crippen LogP contribution in [-0.4, -0.2) is 6.54 Å². The van der Waals surface area contributed by atoms with E-state index in [1.54, 1.807) is 0 Å². The molecule has 0 amide bonds. The first-order chi connectivity index (χ1) is 6.65. The average Bonchev–Trinajstić information content (AvgIpc) is 2.21. The Morgan fingerprint density at radius 1 is 1.50 bits per heavy atom. The van der Waals surface area contributed by atoms with Gasteiger partial charge in [0.2, 0.25) is 0 Å². The Labute approximate surface area is 87.5 Å². The zero-order valence-corrected chi connectivity index (χ0v) is 9.56. The maximum atomic E-state index is 5.20. The van der Waals surface area contributed by atoms with E-state index >= 15 is 0 Å². The topological polar surface area (TPSA) is 38.0 Å². The van der Waals surface area contributed by atoms with Gasteiger partial charge in [0.1, 0.15) is 0 Å². The van der Waals surface area contributed by atoms with Gasteiger partial charge in [0, 0.05) is 6.54 Å². The van der Waals surface area contributed by atoms with Gasteiger partial charge in [-0.2, -0.15) is 0 Å². The molecule has 2 heteroatoms. The standard InChI is InChI=1S/C12H22N2/c1-5-11(4)12(6-2)9-10(3)7-8-14-13/h5,9,14H,3,6-8,13H2,1-2,4H3/b11-5-,12-9-. The zero-order valence-electron chi connectivity index (χ0n) is 9.56. The molecule has 0 atom stereocenters. The lowest BCUT2D eigenvalue weighted by Gasteiger charge is -2.06. The van der Waals surface area contributed by atoms with E-state index in [1.165, 1.54) is 11.1 Å². The van der Waals surface area contributed by atoms with Crippen LogP contribution in [0.5, 0.6) is 0 Å². The second-order valence-electron chi connectivity index (χ2n) is 3.36. The highest BCUT2D eigenvalue weighted by Gasteiger charge is 1.97. The monoisotopic (exact) mass is 194 g/mol. The Morgan fingerprint density at radius 2 is 2.14 bits per heavy atom. The van der Waals surface area contributed by atoms with Gasteiger partial charge in [-0.3, -0.25) is 11.3 Å². The molecule has 0 fully saturated rings. The molecule has 0 aromatic rings. The molecular formula is C12H22N2. The fourth-order valence-electron chi connectivity index (χ4n) is 1.23. The van der Waals surface area contributed by atoms with Crippen LogP contribution in [0.2, 0.25) is 0 Å². The van der Waals surface area contributed by atoms with Crippen LogP contribution in [0.15, 0.2) is 35.5 Å². The number of rotatable bonds is 6. The number of nitrogens with two attached hydrogens (primary N) is 1. The molecule has 0 aromatic carbocycles. The van der Waals surface area contributed by atoms with Gasteiger partial charge in [0.25, 0.3) is 0 Å². The first-order valence-corrected chi connectivity index (χ1v) is 5.10. The number of hydrogen-bond acceptors (Lipinski definition) is 2. The predicted octanol–water partition coefficient (Wildman–Crippen LogP) is 2.70. The molecule has 0 saturated carbocycles. The highest BCUT2D eigenvalue weighted by atomic mass is 15.2. The molecule has 0 aromatic heterocycles. The summed E-state index contributed by atoms with van der Waals surface area (Å²) in [5.74, 6) is 5.20. The molecule has 14 heavy (non-hydrogen) atoms. The Balaban J connectivity index is 4.36. The quantitative estimate of drug-likeness (QED) is 0.387. The van der Waals surface area contributed by atoms with Crippen molar-refractivity contribution in [3.8, 4) is 0 Å². The summed E-state index contributed by atoms with van der Waals surface area (Å²) in [5.41, 5.74) is 6.44. The molecule has 0 rings (SSSR count). The van der Waals surface area contributed by atoms with Gasteiger partial charge in [0.05, 0.1) is 0 Å². The van der Waals surface area contributed by atoms with Crippen molar-refractivity contribution in [1.29, 1.82) is 0 Å². The van der Waals surface area contributed by atoms with Crippen LogP contribution in [0.1, 0.15) is 33.6 Å². The highest BCUT2D eigenvalue weighted by Crippen LogP contribution is 2.16. The van der Waals surface area contributed by atoms with E-state index in [0.717, 1.165) is 25.0 Å². The molecule has 0 radical (unpaired) electrons. The summed E-state index contributed by atoms with van der Waals surface area (Å²) in [6.45, 7) is 11.1. The van der Waals surface area contributed by atoms with Crippen molar-refractivity contribution in [2.75, 3.05) is 6.54 Å². The molecular weight excluding hydrogens is 172 g/mol. The van der Waals surface area contributed by atoms with Crippen LogP contribution < -0.4 is 11.3 Å². The van der Waals surface area contributed by atoms with E-state index in [1.807, 2.05) is 0 Å². The maximum absolute atomic E-state index is 5.20. The van der Waals surface area contributed by atoms with Gasteiger partial charge in [-0.1, -0.05) is 36.8 Å². The van der Waals surface area contributed by atoms with Crippen molar-refractivity contribution < 1.29 is 0 Å². The molecule has 0 saturated heterocycles. The third kappa shape index (κ3) is 5.00. The lowest BCUT2D eigenvalue weighted by atomic mass is 10.0. The summed E-state index contributed by atoms with van der Waals surface area (Å²) in [6, 6.07) is 0. The van der Waals surface area contributed by atoms with Gasteiger partial charge >= 0.3 is 0 Å². The second kappa shape index (κ2) is 7.54. The van der Waals surface area contributed by atoms with Gasteiger partial charge in [-0.25, -0.2) is 0 Å². The van der Waals surface area contributed by atoms with Crippen molar-refractivity contribution in [1.82, 2.24) is 5.43 Å². The molecule has 2 nitrogen and oxygen atoms in total. The first-order valence-electron chi connectivity index (χ1n) is 5.10. The van der Waals surface area contributed by atoms with Crippen LogP contribution in [-0.2, 0) is 0 Å². The molecule has 0 spiro atoms. The smallest absolute Gasteiger partial charge is 0.0138 e. The van der Waals surface area contributed by atoms with Gasteiger partial charge in [0.15, 0.2) is 0 Å². The number of hydrogen-bond donors (Lipinski definition) is 2. The molecule has 0 aliphatic rings. The molecule has 0 bridgehead atoms. The summed E-state index contributed by atoms with van der Waals surface area (Å²) in [5, 5.41) is 0. The second-order valence-corrected chi connectivity index (χ2v) is 3.36. The van der Waals surface area contributed by atoms with Crippen molar-refractivity contribution in [2.24, 2.45) is 5.84 Å². The summed E-state index contributed by atoms with van der Waals surface area (Å²) in [4.78, 5) is 0. The fraction of sp³-hybridized carbons (Fsp3) is 0.500. The van der Waals surface area contributed by atoms with Gasteiger partial charge in [-0.05, 0) is 32.3 Å². The molecule has 3 N–H and O–H groups in total. The largest absolute Gasteiger partial charge is 0.271 e. The SMILES string of the molecule is C=C(/C=C(CC)\C(C)=C/C)CCNN. The van der Waals surface area contributed by atoms with E-state index in [9.17, 15) is 0 Å². The van der Waals surface area contributed by atoms with Crippen LogP contribution in [0.25, 0.3) is 0 Å². The third-order valence-corrected chi connectivity index (χ3v) is 2.29. The number of nitrogens with one attached hydrogen (secondary N) is 1. The minimum absolute atomic E-state index is 0.779. The van der Waals surface area contributed by atoms with E-state index in [4.69, 9.17) is 5.84 Å². The number of allylic oxidation sites excluding steroid dienone is 4. The molecule has 0 unspecified atom stereocenters. The van der Waals surface area contributed by atoms with Crippen LogP contribution in [0, 0.1) is 0 Å². The Morgan fingerprint density at radius 3 is 2.57 bits per heavy atom. The predicted molar refractivity (Wildman–Crippen MR) is 63.8 cm³/mol. The van der Waals surface area contributed by atoms with Crippen LogP contribution >= 0.6 is 0 Å². The average molecular weight is 194 g/mol. The van der Waals surface area contributed by atoms with Crippen molar-refractivity contribution >= 4 is 0 Å². The van der Waals surface area contributed by atoms with Crippen molar-refractivity contribution in [3.63, 3.8) is 0 Å². The van der Waals surface area contributed by atoms with E-state index < -0.39 is 0 Å². The lowest BCUT2D eigenvalue weighted by Crippen LogP contribution is -2.22. The zero-order chi connectivity index (χ0) is 11.0. The van der Waals surface area contributed by atoms with E-state index in [2.05, 4.69) is 44.9 Å². The van der Waals surface area contributed by atoms with Crippen LogP contribution in [0.3, 0.4) is 0 Å². The van der Waals surface area contributed by atoms with Gasteiger partial charge < -0.3 is 0 Å². The van der Waals surface area contributed by atoms with Crippen molar-refractivity contribution in [2.45, 2.75) is 33.6 Å². The molecule has 80 valence electrons. The maximum Gasteiger partial charge on any atom is 0.0138 e. The first kappa shape index (κ1) is 13.1. The Hall–Kier alpha value is -0.860. The van der Waals surface area contributed by atoms with E-state index in [-0.39, 0.29) is 0 Å². The Kier molecular flexibility index (Phi) is 7.07. The summed E-state index contributed by atoms with van der Waals surface area (Å²) < 4.78 is 0. The Bertz CT molecular complexity index is 237. The van der Waals surface area contributed by atoms with E-state index in [0.29, 0.717) is 0 Å². The van der Waals surface area contributed by atoms with Crippen LogP contribution in [0.4, 0.5) is 0 Å².